The van der Waals surface area contributed by atoms with Crippen molar-refractivity contribution in [3.8, 4) is 0 Å². The number of hydrogen-bond acceptors (Lipinski definition) is 3. The highest BCUT2D eigenvalue weighted by Crippen LogP contribution is 2.29. The van der Waals surface area contributed by atoms with Gasteiger partial charge in [-0.2, -0.15) is 0 Å². The van der Waals surface area contributed by atoms with Crippen molar-refractivity contribution in [3.05, 3.63) is 21.9 Å². The van der Waals surface area contributed by atoms with Crippen LogP contribution in [0.25, 0.3) is 0 Å². The number of carboxylic acid groups (broad SMARTS) is 1. The molecular formula is C12H17NO2S. The molecule has 0 spiro atoms. The molecule has 1 N–H and O–H groups in total. The maximum absolute atomic E-state index is 10.8. The Balaban J connectivity index is 1.96. The van der Waals surface area contributed by atoms with E-state index in [2.05, 4.69) is 24.0 Å². The number of aliphatic carboxylic acids is 1. The standard InChI is InChI=1S/C12H17NO2S/c1-2-10-5-6-11(16-10)7-13(8-12(14)15)9-3-4-9/h5-6,9H,2-4,7-8H2,1H3,(H,14,15). The third-order valence-corrected chi connectivity index (χ3v) is 4.04. The van der Waals surface area contributed by atoms with Crippen LogP contribution in [0.5, 0.6) is 0 Å². The molecule has 1 aliphatic carbocycles. The molecule has 1 aliphatic rings. The lowest BCUT2D eigenvalue weighted by Crippen LogP contribution is -2.30. The largest absolute Gasteiger partial charge is 0.480 e. The quantitative estimate of drug-likeness (QED) is 0.828. The number of aryl methyl sites for hydroxylation is 1. The van der Waals surface area contributed by atoms with E-state index in [4.69, 9.17) is 5.11 Å². The van der Waals surface area contributed by atoms with E-state index in [0.717, 1.165) is 25.8 Å². The van der Waals surface area contributed by atoms with Crippen LogP contribution in [0.1, 0.15) is 29.5 Å². The van der Waals surface area contributed by atoms with Gasteiger partial charge in [-0.05, 0) is 31.4 Å². The van der Waals surface area contributed by atoms with Gasteiger partial charge in [-0.25, -0.2) is 0 Å². The van der Waals surface area contributed by atoms with E-state index >= 15 is 0 Å². The van der Waals surface area contributed by atoms with Gasteiger partial charge >= 0.3 is 5.97 Å². The highest BCUT2D eigenvalue weighted by atomic mass is 32.1. The van der Waals surface area contributed by atoms with Gasteiger partial charge < -0.3 is 5.11 Å². The Morgan fingerprint density at radius 2 is 2.19 bits per heavy atom. The van der Waals surface area contributed by atoms with Crippen LogP contribution in [0, 0.1) is 0 Å². The SMILES string of the molecule is CCc1ccc(CN(CC(=O)O)C2CC2)s1. The lowest BCUT2D eigenvalue weighted by atomic mass is 10.3. The second-order valence-electron chi connectivity index (χ2n) is 4.25. The molecule has 1 fully saturated rings. The van der Waals surface area contributed by atoms with E-state index in [0.29, 0.717) is 6.04 Å². The molecule has 0 bridgehead atoms. The summed E-state index contributed by atoms with van der Waals surface area (Å²) < 4.78 is 0. The lowest BCUT2D eigenvalue weighted by molar-refractivity contribution is -0.138. The zero-order valence-corrected chi connectivity index (χ0v) is 10.3. The summed E-state index contributed by atoms with van der Waals surface area (Å²) >= 11 is 1.80. The zero-order chi connectivity index (χ0) is 11.5. The first-order valence-electron chi connectivity index (χ1n) is 5.72. The van der Waals surface area contributed by atoms with Crippen molar-refractivity contribution >= 4 is 17.3 Å². The maximum Gasteiger partial charge on any atom is 0.317 e. The molecule has 4 heteroatoms. The van der Waals surface area contributed by atoms with Crippen LogP contribution in [0.15, 0.2) is 12.1 Å². The molecule has 1 aromatic rings. The van der Waals surface area contributed by atoms with Crippen molar-refractivity contribution in [2.24, 2.45) is 0 Å². The highest BCUT2D eigenvalue weighted by molar-refractivity contribution is 7.11. The van der Waals surface area contributed by atoms with Gasteiger partial charge in [0.2, 0.25) is 0 Å². The van der Waals surface area contributed by atoms with Gasteiger partial charge in [0.05, 0.1) is 6.54 Å². The molecule has 0 aromatic carbocycles. The molecule has 0 amide bonds. The first kappa shape index (κ1) is 11.6. The minimum atomic E-state index is -0.723. The van der Waals surface area contributed by atoms with Gasteiger partial charge in [0, 0.05) is 22.3 Å². The monoisotopic (exact) mass is 239 g/mol. The van der Waals surface area contributed by atoms with Crippen LogP contribution in [0.4, 0.5) is 0 Å². The van der Waals surface area contributed by atoms with Gasteiger partial charge in [-0.3, -0.25) is 9.69 Å². The molecule has 0 atom stereocenters. The Morgan fingerprint density at radius 1 is 1.50 bits per heavy atom. The van der Waals surface area contributed by atoms with E-state index in [1.165, 1.54) is 9.75 Å². The minimum Gasteiger partial charge on any atom is -0.480 e. The second-order valence-corrected chi connectivity index (χ2v) is 5.50. The Labute approximate surface area is 99.7 Å². The molecule has 0 radical (unpaired) electrons. The number of carbonyl (C=O) groups is 1. The third-order valence-electron chi connectivity index (χ3n) is 2.83. The van der Waals surface area contributed by atoms with Gasteiger partial charge in [0.15, 0.2) is 0 Å². The molecule has 3 nitrogen and oxygen atoms in total. The molecule has 1 aromatic heterocycles. The summed E-state index contributed by atoms with van der Waals surface area (Å²) in [6.45, 7) is 3.11. The second kappa shape index (κ2) is 4.97. The van der Waals surface area contributed by atoms with E-state index in [1.807, 2.05) is 0 Å². The average molecular weight is 239 g/mol. The van der Waals surface area contributed by atoms with Crippen molar-refractivity contribution in [1.82, 2.24) is 4.90 Å². The Kier molecular flexibility index (Phi) is 3.61. The number of carboxylic acids is 1. The van der Waals surface area contributed by atoms with Gasteiger partial charge in [-0.1, -0.05) is 6.92 Å². The van der Waals surface area contributed by atoms with Crippen LogP contribution in [-0.4, -0.2) is 28.6 Å². The number of thiophene rings is 1. The van der Waals surface area contributed by atoms with Gasteiger partial charge in [-0.15, -0.1) is 11.3 Å². The minimum absolute atomic E-state index is 0.171. The van der Waals surface area contributed by atoms with E-state index in [9.17, 15) is 4.79 Å². The normalized spacial score (nSPS) is 15.6. The fourth-order valence-corrected chi connectivity index (χ4v) is 2.81. The summed E-state index contributed by atoms with van der Waals surface area (Å²) in [5.74, 6) is -0.723. The first-order chi connectivity index (χ1) is 7.69. The van der Waals surface area contributed by atoms with Crippen molar-refractivity contribution in [2.75, 3.05) is 6.54 Å². The smallest absolute Gasteiger partial charge is 0.317 e. The molecule has 0 unspecified atom stereocenters. The number of rotatable bonds is 6. The molecule has 1 heterocycles. The summed E-state index contributed by atoms with van der Waals surface area (Å²) in [5.41, 5.74) is 0. The van der Waals surface area contributed by atoms with Gasteiger partial charge in [0.1, 0.15) is 0 Å². The third kappa shape index (κ3) is 3.06. The topological polar surface area (TPSA) is 40.5 Å². The summed E-state index contributed by atoms with van der Waals surface area (Å²) in [5, 5.41) is 8.85. The summed E-state index contributed by atoms with van der Waals surface area (Å²) in [6, 6.07) is 4.77. The molecule has 0 saturated heterocycles. The Bertz CT molecular complexity index is 371. The fraction of sp³-hybridized carbons (Fsp3) is 0.583. The van der Waals surface area contributed by atoms with Crippen LogP contribution >= 0.6 is 11.3 Å². The predicted octanol–water partition coefficient (Wildman–Crippen LogP) is 2.36. The highest BCUT2D eigenvalue weighted by Gasteiger charge is 2.30. The zero-order valence-electron chi connectivity index (χ0n) is 9.48. The Morgan fingerprint density at radius 3 is 2.69 bits per heavy atom. The van der Waals surface area contributed by atoms with Crippen LogP contribution in [0.3, 0.4) is 0 Å². The summed E-state index contributed by atoms with van der Waals surface area (Å²) in [7, 11) is 0. The average Bonchev–Trinajstić information content (AvgIpc) is 2.98. The first-order valence-corrected chi connectivity index (χ1v) is 6.54. The summed E-state index contributed by atoms with van der Waals surface area (Å²) in [4.78, 5) is 15.5. The fourth-order valence-electron chi connectivity index (χ4n) is 1.83. The van der Waals surface area contributed by atoms with E-state index in [-0.39, 0.29) is 6.54 Å². The van der Waals surface area contributed by atoms with Crippen molar-refractivity contribution in [1.29, 1.82) is 0 Å². The predicted molar refractivity (Wildman–Crippen MR) is 64.8 cm³/mol. The molecule has 88 valence electrons. The molecule has 2 rings (SSSR count). The van der Waals surface area contributed by atoms with Crippen LogP contribution in [0.2, 0.25) is 0 Å². The molecule has 1 saturated carbocycles. The van der Waals surface area contributed by atoms with Crippen LogP contribution < -0.4 is 0 Å². The van der Waals surface area contributed by atoms with E-state index < -0.39 is 5.97 Å². The number of nitrogens with zero attached hydrogens (tertiary/aromatic N) is 1. The van der Waals surface area contributed by atoms with Crippen molar-refractivity contribution in [3.63, 3.8) is 0 Å². The molecule has 0 aliphatic heterocycles. The maximum atomic E-state index is 10.8. The lowest BCUT2D eigenvalue weighted by Gasteiger charge is -2.18. The Hall–Kier alpha value is -0.870. The van der Waals surface area contributed by atoms with Gasteiger partial charge in [0.25, 0.3) is 0 Å². The molecular weight excluding hydrogens is 222 g/mol. The van der Waals surface area contributed by atoms with E-state index in [1.54, 1.807) is 11.3 Å². The van der Waals surface area contributed by atoms with Crippen molar-refractivity contribution in [2.45, 2.75) is 38.8 Å². The summed E-state index contributed by atoms with van der Waals surface area (Å²) in [6.07, 6.45) is 3.37. The molecule has 16 heavy (non-hydrogen) atoms. The number of hydrogen-bond donors (Lipinski definition) is 1. The van der Waals surface area contributed by atoms with Crippen molar-refractivity contribution < 1.29 is 9.90 Å². The van der Waals surface area contributed by atoms with Crippen LogP contribution in [-0.2, 0) is 17.8 Å².